The van der Waals surface area contributed by atoms with Gasteiger partial charge in [0.15, 0.2) is 11.5 Å². The van der Waals surface area contributed by atoms with Crippen molar-refractivity contribution in [3.63, 3.8) is 0 Å². The lowest BCUT2D eigenvalue weighted by molar-refractivity contribution is 0.0641. The maximum absolute atomic E-state index is 13.5. The summed E-state index contributed by atoms with van der Waals surface area (Å²) >= 11 is 0. The number of pyridine rings is 1. The number of fused-ring (bicyclic) bond motifs is 2. The van der Waals surface area contributed by atoms with Crippen LogP contribution in [0.25, 0.3) is 5.65 Å². The van der Waals surface area contributed by atoms with E-state index in [1.54, 1.807) is 23.1 Å². The van der Waals surface area contributed by atoms with Gasteiger partial charge in [0.1, 0.15) is 0 Å². The van der Waals surface area contributed by atoms with Gasteiger partial charge in [0.25, 0.3) is 17.7 Å². The summed E-state index contributed by atoms with van der Waals surface area (Å²) in [7, 11) is 0. The van der Waals surface area contributed by atoms with Crippen molar-refractivity contribution < 1.29 is 14.4 Å². The molecule has 4 heterocycles. The molecule has 6 rings (SSSR count). The number of imide groups is 1. The molecule has 3 amide bonds. The predicted octanol–water partition coefficient (Wildman–Crippen LogP) is 3.50. The van der Waals surface area contributed by atoms with Crippen LogP contribution >= 0.6 is 0 Å². The molecular formula is C26H21N5O3. The summed E-state index contributed by atoms with van der Waals surface area (Å²) in [5, 5.41) is 8.57. The third kappa shape index (κ3) is 3.18. The van der Waals surface area contributed by atoms with E-state index in [9.17, 15) is 14.4 Å². The van der Waals surface area contributed by atoms with Crippen LogP contribution in [0.5, 0.6) is 0 Å². The summed E-state index contributed by atoms with van der Waals surface area (Å²) in [6.45, 7) is 0.792. The van der Waals surface area contributed by atoms with Gasteiger partial charge in [-0.05, 0) is 48.7 Å². The molecule has 0 spiro atoms. The minimum atomic E-state index is -0.375. The van der Waals surface area contributed by atoms with Crippen molar-refractivity contribution in [1.29, 1.82) is 0 Å². The van der Waals surface area contributed by atoms with Crippen LogP contribution in [-0.2, 0) is 6.54 Å². The third-order valence-electron chi connectivity index (χ3n) is 6.55. The van der Waals surface area contributed by atoms with Gasteiger partial charge >= 0.3 is 0 Å². The maximum atomic E-state index is 13.5. The molecule has 1 saturated heterocycles. The summed E-state index contributed by atoms with van der Waals surface area (Å²) in [5.41, 5.74) is 2.60. The van der Waals surface area contributed by atoms with E-state index in [1.807, 2.05) is 59.1 Å². The van der Waals surface area contributed by atoms with E-state index in [4.69, 9.17) is 0 Å². The van der Waals surface area contributed by atoms with Gasteiger partial charge in [0.2, 0.25) is 0 Å². The summed E-state index contributed by atoms with van der Waals surface area (Å²) in [5.74, 6) is -0.167. The Balaban J connectivity index is 1.28. The zero-order chi connectivity index (χ0) is 23.2. The average molecular weight is 451 g/mol. The first-order valence-electron chi connectivity index (χ1n) is 11.3. The molecule has 0 aliphatic carbocycles. The van der Waals surface area contributed by atoms with Gasteiger partial charge in [0.05, 0.1) is 23.7 Å². The van der Waals surface area contributed by atoms with Gasteiger partial charge in [-0.2, -0.15) is 0 Å². The van der Waals surface area contributed by atoms with E-state index in [0.717, 1.165) is 29.9 Å². The standard InChI is InChI=1S/C26H21N5O3/c32-24(29-14-6-9-21(29)23-28-27-22-10-4-5-13-30(22)23)18-11-12-19-20(15-18)26(34)31(25(19)33)16-17-7-2-1-3-8-17/h1-5,7-8,10-13,15,21H,6,9,14,16H2. The molecule has 0 N–H and O–H groups in total. The van der Waals surface area contributed by atoms with E-state index in [-0.39, 0.29) is 35.9 Å². The highest BCUT2D eigenvalue weighted by Crippen LogP contribution is 2.33. The molecular weight excluding hydrogens is 430 g/mol. The molecule has 8 nitrogen and oxygen atoms in total. The van der Waals surface area contributed by atoms with Crippen LogP contribution in [0.2, 0.25) is 0 Å². The minimum absolute atomic E-state index is 0.181. The molecule has 0 bridgehead atoms. The lowest BCUT2D eigenvalue weighted by atomic mass is 10.0. The SMILES string of the molecule is O=C1c2ccc(C(=O)N3CCCC3c3nnc4ccccn34)cc2C(=O)N1Cc1ccccc1. The van der Waals surface area contributed by atoms with Crippen molar-refractivity contribution in [2.75, 3.05) is 6.54 Å². The van der Waals surface area contributed by atoms with Crippen LogP contribution in [0.3, 0.4) is 0 Å². The van der Waals surface area contributed by atoms with Gasteiger partial charge in [-0.3, -0.25) is 23.7 Å². The highest BCUT2D eigenvalue weighted by atomic mass is 16.2. The molecule has 8 heteroatoms. The summed E-state index contributed by atoms with van der Waals surface area (Å²) in [4.78, 5) is 42.5. The normalized spacial score (nSPS) is 17.6. The molecule has 2 aliphatic heterocycles. The molecule has 34 heavy (non-hydrogen) atoms. The summed E-state index contributed by atoms with van der Waals surface area (Å²) < 4.78 is 1.91. The van der Waals surface area contributed by atoms with Crippen molar-refractivity contribution in [2.24, 2.45) is 0 Å². The Bertz CT molecular complexity index is 1450. The summed E-state index contributed by atoms with van der Waals surface area (Å²) in [6.07, 6.45) is 3.53. The van der Waals surface area contributed by atoms with Crippen LogP contribution in [0, 0.1) is 0 Å². The smallest absolute Gasteiger partial charge is 0.261 e. The molecule has 2 aliphatic rings. The number of hydrogen-bond donors (Lipinski definition) is 0. The first-order valence-corrected chi connectivity index (χ1v) is 11.3. The Labute approximate surface area is 195 Å². The van der Waals surface area contributed by atoms with Crippen LogP contribution in [0.4, 0.5) is 0 Å². The molecule has 2 aromatic carbocycles. The van der Waals surface area contributed by atoms with E-state index in [0.29, 0.717) is 17.7 Å². The van der Waals surface area contributed by atoms with E-state index in [2.05, 4.69) is 10.2 Å². The fourth-order valence-corrected chi connectivity index (χ4v) is 4.86. The summed E-state index contributed by atoms with van der Waals surface area (Å²) in [6, 6.07) is 19.6. The van der Waals surface area contributed by atoms with Crippen LogP contribution in [0.15, 0.2) is 72.9 Å². The minimum Gasteiger partial charge on any atom is -0.328 e. The zero-order valence-electron chi connectivity index (χ0n) is 18.3. The van der Waals surface area contributed by atoms with Crippen molar-refractivity contribution in [3.05, 3.63) is 101 Å². The number of carbonyl (C=O) groups excluding carboxylic acids is 3. The Morgan fingerprint density at radius 3 is 2.56 bits per heavy atom. The molecule has 1 fully saturated rings. The highest BCUT2D eigenvalue weighted by molar-refractivity contribution is 6.22. The number of rotatable bonds is 4. The third-order valence-corrected chi connectivity index (χ3v) is 6.55. The fourth-order valence-electron chi connectivity index (χ4n) is 4.86. The lowest BCUT2D eigenvalue weighted by Crippen LogP contribution is -2.31. The molecule has 168 valence electrons. The first kappa shape index (κ1) is 20.3. The highest BCUT2D eigenvalue weighted by Gasteiger charge is 2.38. The number of nitrogens with zero attached hydrogens (tertiary/aromatic N) is 5. The van der Waals surface area contributed by atoms with Crippen molar-refractivity contribution >= 4 is 23.4 Å². The Hall–Kier alpha value is -4.33. The first-order chi connectivity index (χ1) is 16.6. The van der Waals surface area contributed by atoms with Gasteiger partial charge in [-0.1, -0.05) is 36.4 Å². The number of hydrogen-bond acceptors (Lipinski definition) is 5. The number of likely N-dealkylation sites (tertiary alicyclic amines) is 1. The van der Waals surface area contributed by atoms with Crippen molar-refractivity contribution in [3.8, 4) is 0 Å². The Morgan fingerprint density at radius 1 is 0.912 bits per heavy atom. The Kier molecular flexibility index (Phi) is 4.72. The molecule has 0 saturated carbocycles. The second kappa shape index (κ2) is 7.91. The lowest BCUT2D eigenvalue weighted by Gasteiger charge is -2.23. The predicted molar refractivity (Wildman–Crippen MR) is 123 cm³/mol. The maximum Gasteiger partial charge on any atom is 0.261 e. The number of aromatic nitrogens is 3. The second-order valence-corrected chi connectivity index (χ2v) is 8.59. The Morgan fingerprint density at radius 2 is 1.71 bits per heavy atom. The largest absolute Gasteiger partial charge is 0.328 e. The molecule has 1 atom stereocenters. The van der Waals surface area contributed by atoms with Crippen LogP contribution in [-0.4, -0.2) is 48.7 Å². The molecule has 2 aromatic heterocycles. The van der Waals surface area contributed by atoms with Gasteiger partial charge in [-0.25, -0.2) is 0 Å². The van der Waals surface area contributed by atoms with Crippen molar-refractivity contribution in [1.82, 2.24) is 24.4 Å². The van der Waals surface area contributed by atoms with E-state index < -0.39 is 0 Å². The van der Waals surface area contributed by atoms with E-state index >= 15 is 0 Å². The molecule has 4 aromatic rings. The van der Waals surface area contributed by atoms with Gasteiger partial charge in [0, 0.05) is 18.3 Å². The fraction of sp³-hybridized carbons (Fsp3) is 0.192. The number of benzene rings is 2. The zero-order valence-corrected chi connectivity index (χ0v) is 18.3. The van der Waals surface area contributed by atoms with Gasteiger partial charge in [-0.15, -0.1) is 10.2 Å². The number of carbonyl (C=O) groups is 3. The van der Waals surface area contributed by atoms with E-state index in [1.165, 1.54) is 4.90 Å². The average Bonchev–Trinajstić information content (AvgIpc) is 3.58. The van der Waals surface area contributed by atoms with Crippen LogP contribution < -0.4 is 0 Å². The molecule has 0 radical (unpaired) electrons. The van der Waals surface area contributed by atoms with Crippen LogP contribution in [0.1, 0.15) is 61.3 Å². The van der Waals surface area contributed by atoms with Crippen molar-refractivity contribution in [2.45, 2.75) is 25.4 Å². The second-order valence-electron chi connectivity index (χ2n) is 8.59. The molecule has 1 unspecified atom stereocenters. The topological polar surface area (TPSA) is 87.9 Å². The monoisotopic (exact) mass is 451 g/mol. The quantitative estimate of drug-likeness (QED) is 0.443. The number of amides is 3. The van der Waals surface area contributed by atoms with Gasteiger partial charge < -0.3 is 4.90 Å².